The molecule has 1 aromatic carbocycles. The molecule has 0 radical (unpaired) electrons. The zero-order valence-electron chi connectivity index (χ0n) is 9.39. The standard InChI is InChI=1S/C13H14O4/c1-10(7-8-12(14)15)13(16)17-9-11-5-3-2-4-6-11/h2-6H,1,7-9H2,(H,14,15). The summed E-state index contributed by atoms with van der Waals surface area (Å²) in [5.74, 6) is -1.50. The molecule has 0 heterocycles. The number of carbonyl (C=O) groups excluding carboxylic acids is 1. The van der Waals surface area contributed by atoms with Gasteiger partial charge >= 0.3 is 11.9 Å². The molecular weight excluding hydrogens is 220 g/mol. The van der Waals surface area contributed by atoms with Gasteiger partial charge in [0.25, 0.3) is 0 Å². The van der Waals surface area contributed by atoms with Crippen molar-refractivity contribution in [1.82, 2.24) is 0 Å². The Hall–Kier alpha value is -2.10. The average Bonchev–Trinajstić information content (AvgIpc) is 2.34. The summed E-state index contributed by atoms with van der Waals surface area (Å²) in [6, 6.07) is 9.25. The molecule has 0 bridgehead atoms. The normalized spacial score (nSPS) is 9.65. The van der Waals surface area contributed by atoms with Gasteiger partial charge in [-0.15, -0.1) is 0 Å². The molecule has 0 spiro atoms. The molecule has 1 aromatic rings. The van der Waals surface area contributed by atoms with E-state index < -0.39 is 11.9 Å². The predicted molar refractivity (Wildman–Crippen MR) is 62.2 cm³/mol. The zero-order valence-corrected chi connectivity index (χ0v) is 9.39. The van der Waals surface area contributed by atoms with Crippen LogP contribution in [0, 0.1) is 0 Å². The van der Waals surface area contributed by atoms with E-state index in [0.717, 1.165) is 5.56 Å². The number of hydrogen-bond acceptors (Lipinski definition) is 3. The Morgan fingerprint density at radius 1 is 1.18 bits per heavy atom. The number of ether oxygens (including phenoxy) is 1. The fourth-order valence-electron chi connectivity index (χ4n) is 1.19. The van der Waals surface area contributed by atoms with Crippen molar-refractivity contribution in [2.24, 2.45) is 0 Å². The van der Waals surface area contributed by atoms with Gasteiger partial charge in [0.05, 0.1) is 0 Å². The number of esters is 1. The van der Waals surface area contributed by atoms with Crippen LogP contribution >= 0.6 is 0 Å². The van der Waals surface area contributed by atoms with Crippen molar-refractivity contribution in [3.8, 4) is 0 Å². The SMILES string of the molecule is C=C(CCC(=O)O)C(=O)OCc1ccccc1. The Kier molecular flexibility index (Phi) is 4.94. The lowest BCUT2D eigenvalue weighted by Gasteiger charge is -2.06. The second kappa shape index (κ2) is 6.48. The quantitative estimate of drug-likeness (QED) is 0.605. The highest BCUT2D eigenvalue weighted by molar-refractivity contribution is 5.88. The van der Waals surface area contributed by atoms with E-state index in [1.54, 1.807) is 0 Å². The maximum absolute atomic E-state index is 11.4. The minimum atomic E-state index is -0.956. The second-order valence-electron chi connectivity index (χ2n) is 3.56. The van der Waals surface area contributed by atoms with Gasteiger partial charge in [-0.2, -0.15) is 0 Å². The number of hydrogen-bond donors (Lipinski definition) is 1. The molecular formula is C13H14O4. The van der Waals surface area contributed by atoms with E-state index in [1.807, 2.05) is 30.3 Å². The number of benzene rings is 1. The van der Waals surface area contributed by atoms with Gasteiger partial charge in [-0.1, -0.05) is 36.9 Å². The number of rotatable bonds is 6. The van der Waals surface area contributed by atoms with Crippen molar-refractivity contribution in [3.05, 3.63) is 48.0 Å². The summed E-state index contributed by atoms with van der Waals surface area (Å²) in [6.07, 6.45) is 0.00221. The van der Waals surface area contributed by atoms with Crippen LogP contribution in [-0.2, 0) is 20.9 Å². The molecule has 0 atom stereocenters. The van der Waals surface area contributed by atoms with E-state index in [9.17, 15) is 9.59 Å². The summed E-state index contributed by atoms with van der Waals surface area (Å²) in [5, 5.41) is 8.46. The van der Waals surface area contributed by atoms with Crippen LogP contribution in [0.15, 0.2) is 42.5 Å². The van der Waals surface area contributed by atoms with Crippen LogP contribution in [0.5, 0.6) is 0 Å². The predicted octanol–water partition coefficient (Wildman–Crippen LogP) is 2.15. The Morgan fingerprint density at radius 2 is 1.82 bits per heavy atom. The molecule has 0 aliphatic heterocycles. The Morgan fingerprint density at radius 3 is 2.41 bits per heavy atom. The van der Waals surface area contributed by atoms with Crippen LogP contribution < -0.4 is 0 Å². The van der Waals surface area contributed by atoms with Crippen molar-refractivity contribution < 1.29 is 19.4 Å². The first-order valence-electron chi connectivity index (χ1n) is 5.20. The minimum absolute atomic E-state index is 0.112. The first kappa shape index (κ1) is 13.0. The Balaban J connectivity index is 2.34. The zero-order chi connectivity index (χ0) is 12.7. The first-order valence-corrected chi connectivity index (χ1v) is 5.20. The molecule has 0 saturated carbocycles. The lowest BCUT2D eigenvalue weighted by atomic mass is 10.1. The van der Waals surface area contributed by atoms with Gasteiger partial charge < -0.3 is 9.84 Å². The topological polar surface area (TPSA) is 63.6 Å². The van der Waals surface area contributed by atoms with Gasteiger partial charge in [0.1, 0.15) is 6.61 Å². The van der Waals surface area contributed by atoms with Crippen LogP contribution in [-0.4, -0.2) is 17.0 Å². The molecule has 90 valence electrons. The van der Waals surface area contributed by atoms with Crippen molar-refractivity contribution in [2.45, 2.75) is 19.4 Å². The van der Waals surface area contributed by atoms with Gasteiger partial charge in [-0.25, -0.2) is 4.79 Å². The summed E-state index contributed by atoms with van der Waals surface area (Å²) in [5.41, 5.74) is 1.07. The third-order valence-corrected chi connectivity index (χ3v) is 2.14. The molecule has 0 amide bonds. The van der Waals surface area contributed by atoms with E-state index >= 15 is 0 Å². The number of carboxylic acids is 1. The van der Waals surface area contributed by atoms with Crippen LogP contribution in [0.4, 0.5) is 0 Å². The monoisotopic (exact) mass is 234 g/mol. The Labute approximate surface area is 99.5 Å². The van der Waals surface area contributed by atoms with Crippen molar-refractivity contribution >= 4 is 11.9 Å². The van der Waals surface area contributed by atoms with Gasteiger partial charge in [-0.05, 0) is 12.0 Å². The minimum Gasteiger partial charge on any atom is -0.481 e. The van der Waals surface area contributed by atoms with E-state index in [2.05, 4.69) is 6.58 Å². The molecule has 1 rings (SSSR count). The molecule has 0 aliphatic carbocycles. The van der Waals surface area contributed by atoms with Gasteiger partial charge in [-0.3, -0.25) is 4.79 Å². The van der Waals surface area contributed by atoms with E-state index in [1.165, 1.54) is 0 Å². The van der Waals surface area contributed by atoms with Crippen LogP contribution in [0.3, 0.4) is 0 Å². The molecule has 17 heavy (non-hydrogen) atoms. The smallest absolute Gasteiger partial charge is 0.333 e. The van der Waals surface area contributed by atoms with E-state index in [-0.39, 0.29) is 25.0 Å². The van der Waals surface area contributed by atoms with Crippen molar-refractivity contribution in [2.75, 3.05) is 0 Å². The highest BCUT2D eigenvalue weighted by Crippen LogP contribution is 2.07. The molecule has 0 fully saturated rings. The highest BCUT2D eigenvalue weighted by Gasteiger charge is 2.10. The summed E-state index contributed by atoms with van der Waals surface area (Å²) in [4.78, 5) is 21.7. The van der Waals surface area contributed by atoms with Gasteiger partial charge in [0, 0.05) is 12.0 Å². The Bertz CT molecular complexity index is 409. The molecule has 0 saturated heterocycles. The van der Waals surface area contributed by atoms with E-state index in [0.29, 0.717) is 0 Å². The summed E-state index contributed by atoms with van der Waals surface area (Å²) < 4.78 is 4.99. The molecule has 1 N–H and O–H groups in total. The lowest BCUT2D eigenvalue weighted by molar-refractivity contribution is -0.140. The van der Waals surface area contributed by atoms with Crippen LogP contribution in [0.25, 0.3) is 0 Å². The van der Waals surface area contributed by atoms with Gasteiger partial charge in [0.15, 0.2) is 0 Å². The average molecular weight is 234 g/mol. The molecule has 0 aliphatic rings. The number of aliphatic carboxylic acids is 1. The van der Waals surface area contributed by atoms with Crippen molar-refractivity contribution in [3.63, 3.8) is 0 Å². The molecule has 4 heteroatoms. The molecule has 4 nitrogen and oxygen atoms in total. The van der Waals surface area contributed by atoms with Crippen LogP contribution in [0.1, 0.15) is 18.4 Å². The highest BCUT2D eigenvalue weighted by atomic mass is 16.5. The largest absolute Gasteiger partial charge is 0.481 e. The molecule has 0 unspecified atom stereocenters. The third-order valence-electron chi connectivity index (χ3n) is 2.14. The first-order chi connectivity index (χ1) is 8.09. The van der Waals surface area contributed by atoms with Crippen molar-refractivity contribution in [1.29, 1.82) is 0 Å². The fraction of sp³-hybridized carbons (Fsp3) is 0.231. The third kappa shape index (κ3) is 4.97. The molecule has 0 aromatic heterocycles. The number of carboxylic acid groups (broad SMARTS) is 1. The second-order valence-corrected chi connectivity index (χ2v) is 3.56. The summed E-state index contributed by atoms with van der Waals surface area (Å²) in [6.45, 7) is 3.67. The lowest BCUT2D eigenvalue weighted by Crippen LogP contribution is -2.08. The maximum Gasteiger partial charge on any atom is 0.333 e. The van der Waals surface area contributed by atoms with Crippen LogP contribution in [0.2, 0.25) is 0 Å². The van der Waals surface area contributed by atoms with Gasteiger partial charge in [0.2, 0.25) is 0 Å². The maximum atomic E-state index is 11.4. The number of carbonyl (C=O) groups is 2. The van der Waals surface area contributed by atoms with E-state index in [4.69, 9.17) is 9.84 Å². The fourth-order valence-corrected chi connectivity index (χ4v) is 1.19. The summed E-state index contributed by atoms with van der Waals surface area (Å²) >= 11 is 0. The summed E-state index contributed by atoms with van der Waals surface area (Å²) in [7, 11) is 0.